The first-order valence-electron chi connectivity index (χ1n) is 8.54. The van der Waals surface area contributed by atoms with Crippen LogP contribution in [0.25, 0.3) is 11.3 Å². The molecule has 2 amide bonds. The SMILES string of the molecule is Cc1sc(NC(=O)C2CC(=O)Nc3cc(F)ccc32)nc1-c1ccc(F)cc1. The average Bonchev–Trinajstić information content (AvgIpc) is 3.01. The van der Waals surface area contributed by atoms with E-state index in [9.17, 15) is 18.4 Å². The molecule has 1 unspecified atom stereocenters. The normalized spacial score (nSPS) is 15.7. The Bertz CT molecular complexity index is 1080. The van der Waals surface area contributed by atoms with Crippen LogP contribution in [-0.4, -0.2) is 16.8 Å². The number of hydrogen-bond acceptors (Lipinski definition) is 4. The highest BCUT2D eigenvalue weighted by Gasteiger charge is 2.31. The van der Waals surface area contributed by atoms with Crippen LogP contribution in [0.15, 0.2) is 42.5 Å². The van der Waals surface area contributed by atoms with Crippen molar-refractivity contribution in [2.75, 3.05) is 10.6 Å². The van der Waals surface area contributed by atoms with Crippen LogP contribution in [0.5, 0.6) is 0 Å². The Morgan fingerprint density at radius 3 is 2.64 bits per heavy atom. The second kappa shape index (κ2) is 7.12. The fourth-order valence-electron chi connectivity index (χ4n) is 3.19. The summed E-state index contributed by atoms with van der Waals surface area (Å²) in [5.41, 5.74) is 2.27. The molecule has 5 nitrogen and oxygen atoms in total. The fraction of sp³-hybridized carbons (Fsp3) is 0.150. The topological polar surface area (TPSA) is 71.1 Å². The van der Waals surface area contributed by atoms with E-state index in [1.807, 2.05) is 6.92 Å². The Morgan fingerprint density at radius 1 is 1.18 bits per heavy atom. The molecule has 2 heterocycles. The molecule has 1 atom stereocenters. The van der Waals surface area contributed by atoms with Crippen LogP contribution in [0.1, 0.15) is 22.8 Å². The molecule has 1 aliphatic heterocycles. The third-order valence-corrected chi connectivity index (χ3v) is 5.40. The minimum atomic E-state index is -0.733. The molecule has 1 aromatic heterocycles. The highest BCUT2D eigenvalue weighted by atomic mass is 32.1. The van der Waals surface area contributed by atoms with Gasteiger partial charge in [0, 0.05) is 22.5 Å². The summed E-state index contributed by atoms with van der Waals surface area (Å²) in [5.74, 6) is -2.29. The molecule has 8 heteroatoms. The number of carbonyl (C=O) groups is 2. The van der Waals surface area contributed by atoms with Gasteiger partial charge in [0.1, 0.15) is 11.6 Å². The van der Waals surface area contributed by atoms with Gasteiger partial charge in [0.15, 0.2) is 5.13 Å². The van der Waals surface area contributed by atoms with E-state index in [4.69, 9.17) is 0 Å². The summed E-state index contributed by atoms with van der Waals surface area (Å²) in [6.45, 7) is 1.86. The molecule has 0 radical (unpaired) electrons. The van der Waals surface area contributed by atoms with Gasteiger partial charge in [0.2, 0.25) is 11.8 Å². The van der Waals surface area contributed by atoms with Gasteiger partial charge >= 0.3 is 0 Å². The van der Waals surface area contributed by atoms with Crippen LogP contribution in [0, 0.1) is 18.6 Å². The summed E-state index contributed by atoms with van der Waals surface area (Å²) in [6.07, 6.45) is -0.0281. The van der Waals surface area contributed by atoms with Crippen molar-refractivity contribution < 1.29 is 18.4 Å². The number of hydrogen-bond donors (Lipinski definition) is 2. The lowest BCUT2D eigenvalue weighted by molar-refractivity contribution is -0.123. The first-order valence-corrected chi connectivity index (χ1v) is 9.36. The van der Waals surface area contributed by atoms with E-state index in [1.165, 1.54) is 41.7 Å². The monoisotopic (exact) mass is 399 g/mol. The number of aryl methyl sites for hydroxylation is 1. The van der Waals surface area contributed by atoms with E-state index in [1.54, 1.807) is 12.1 Å². The molecule has 142 valence electrons. The lowest BCUT2D eigenvalue weighted by atomic mass is 9.90. The zero-order valence-electron chi connectivity index (χ0n) is 14.8. The second-order valence-corrected chi connectivity index (χ2v) is 7.66. The summed E-state index contributed by atoms with van der Waals surface area (Å²) in [4.78, 5) is 30.0. The highest BCUT2D eigenvalue weighted by Crippen LogP contribution is 2.35. The molecule has 4 rings (SSSR count). The number of aromatic nitrogens is 1. The van der Waals surface area contributed by atoms with Gasteiger partial charge in [-0.15, -0.1) is 11.3 Å². The maximum absolute atomic E-state index is 13.4. The third-order valence-electron chi connectivity index (χ3n) is 4.52. The molecule has 1 aliphatic rings. The molecular formula is C20H15F2N3O2S. The number of benzene rings is 2. The molecule has 2 N–H and O–H groups in total. The van der Waals surface area contributed by atoms with Crippen LogP contribution in [-0.2, 0) is 9.59 Å². The van der Waals surface area contributed by atoms with Crippen molar-refractivity contribution in [3.63, 3.8) is 0 Å². The number of anilines is 2. The standard InChI is InChI=1S/C20H15F2N3O2S/c1-10-18(11-2-4-12(21)5-3-11)24-20(28-10)25-19(27)15-9-17(26)23-16-8-13(22)6-7-14(15)16/h2-8,15H,9H2,1H3,(H,23,26)(H,24,25,27). The first kappa shape index (κ1) is 18.2. The molecular weight excluding hydrogens is 384 g/mol. The van der Waals surface area contributed by atoms with Gasteiger partial charge in [0.25, 0.3) is 0 Å². The second-order valence-electron chi connectivity index (χ2n) is 6.46. The van der Waals surface area contributed by atoms with Crippen molar-refractivity contribution in [2.24, 2.45) is 0 Å². The smallest absolute Gasteiger partial charge is 0.234 e. The molecule has 0 saturated heterocycles. The Hall–Kier alpha value is -3.13. The molecule has 0 saturated carbocycles. The summed E-state index contributed by atoms with van der Waals surface area (Å²) in [7, 11) is 0. The third kappa shape index (κ3) is 3.50. The van der Waals surface area contributed by atoms with E-state index >= 15 is 0 Å². The van der Waals surface area contributed by atoms with E-state index in [0.29, 0.717) is 22.1 Å². The quantitative estimate of drug-likeness (QED) is 0.683. The lowest BCUT2D eigenvalue weighted by Crippen LogP contribution is -2.30. The summed E-state index contributed by atoms with van der Waals surface area (Å²) in [6, 6.07) is 9.92. The van der Waals surface area contributed by atoms with Crippen molar-refractivity contribution in [3.8, 4) is 11.3 Å². The van der Waals surface area contributed by atoms with Gasteiger partial charge in [-0.1, -0.05) is 6.07 Å². The van der Waals surface area contributed by atoms with Crippen molar-refractivity contribution >= 4 is 34.0 Å². The minimum Gasteiger partial charge on any atom is -0.326 e. The fourth-order valence-corrected chi connectivity index (χ4v) is 4.03. The van der Waals surface area contributed by atoms with Crippen LogP contribution in [0.2, 0.25) is 0 Å². The average molecular weight is 399 g/mol. The van der Waals surface area contributed by atoms with Crippen LogP contribution in [0.4, 0.5) is 19.6 Å². The molecule has 0 fully saturated rings. The lowest BCUT2D eigenvalue weighted by Gasteiger charge is -2.24. The predicted molar refractivity (Wildman–Crippen MR) is 103 cm³/mol. The number of nitrogens with zero attached hydrogens (tertiary/aromatic N) is 1. The number of amides is 2. The molecule has 0 bridgehead atoms. The van der Waals surface area contributed by atoms with Crippen molar-refractivity contribution in [1.29, 1.82) is 0 Å². The van der Waals surface area contributed by atoms with E-state index in [-0.39, 0.29) is 24.1 Å². The molecule has 0 aliphatic carbocycles. The summed E-state index contributed by atoms with van der Waals surface area (Å²) in [5, 5.41) is 5.72. The molecule has 0 spiro atoms. The van der Waals surface area contributed by atoms with Crippen LogP contribution in [0.3, 0.4) is 0 Å². The Labute approximate surface area is 163 Å². The first-order chi connectivity index (χ1) is 13.4. The maximum atomic E-state index is 13.4. The van der Waals surface area contributed by atoms with E-state index in [0.717, 1.165) is 10.4 Å². The van der Waals surface area contributed by atoms with E-state index in [2.05, 4.69) is 15.6 Å². The number of carbonyl (C=O) groups excluding carboxylic acids is 2. The van der Waals surface area contributed by atoms with Gasteiger partial charge in [-0.25, -0.2) is 13.8 Å². The largest absolute Gasteiger partial charge is 0.326 e. The molecule has 3 aromatic rings. The van der Waals surface area contributed by atoms with Gasteiger partial charge in [0.05, 0.1) is 11.6 Å². The van der Waals surface area contributed by atoms with Gasteiger partial charge in [-0.2, -0.15) is 0 Å². The zero-order chi connectivity index (χ0) is 19.8. The summed E-state index contributed by atoms with van der Waals surface area (Å²) < 4.78 is 26.6. The van der Waals surface area contributed by atoms with Crippen molar-refractivity contribution in [3.05, 3.63) is 64.5 Å². The van der Waals surface area contributed by atoms with Gasteiger partial charge in [-0.05, 0) is 48.9 Å². The van der Waals surface area contributed by atoms with Crippen LogP contribution < -0.4 is 10.6 Å². The van der Waals surface area contributed by atoms with Gasteiger partial charge < -0.3 is 10.6 Å². The number of nitrogens with one attached hydrogen (secondary N) is 2. The van der Waals surface area contributed by atoms with Gasteiger partial charge in [-0.3, -0.25) is 9.59 Å². The van der Waals surface area contributed by atoms with Crippen LogP contribution >= 0.6 is 11.3 Å². The number of fused-ring (bicyclic) bond motifs is 1. The Morgan fingerprint density at radius 2 is 1.89 bits per heavy atom. The summed E-state index contributed by atoms with van der Waals surface area (Å²) >= 11 is 1.29. The molecule has 2 aromatic carbocycles. The maximum Gasteiger partial charge on any atom is 0.234 e. The minimum absolute atomic E-state index is 0.0281. The highest BCUT2D eigenvalue weighted by molar-refractivity contribution is 7.16. The van der Waals surface area contributed by atoms with Crippen molar-refractivity contribution in [2.45, 2.75) is 19.3 Å². The number of rotatable bonds is 3. The predicted octanol–water partition coefficient (Wildman–Crippen LogP) is 4.46. The zero-order valence-corrected chi connectivity index (χ0v) is 15.6. The Balaban J connectivity index is 1.59. The van der Waals surface area contributed by atoms with E-state index < -0.39 is 11.7 Å². The number of thiazole rings is 1. The number of halogens is 2. The van der Waals surface area contributed by atoms with Crippen molar-refractivity contribution in [1.82, 2.24) is 4.98 Å². The molecule has 28 heavy (non-hydrogen) atoms. The Kier molecular flexibility index (Phi) is 4.64.